The van der Waals surface area contributed by atoms with Gasteiger partial charge in [-0.05, 0) is 23.7 Å². The van der Waals surface area contributed by atoms with Crippen molar-refractivity contribution in [3.05, 3.63) is 28.8 Å². The van der Waals surface area contributed by atoms with Gasteiger partial charge >= 0.3 is 6.18 Å². The SMILES string of the molecule is COc1cc(C=O)c(C(F)(F)F)cc1C(=O)Cl. The Hall–Kier alpha value is -1.56. The highest BCUT2D eigenvalue weighted by atomic mass is 35.5. The highest BCUT2D eigenvalue weighted by Crippen LogP contribution is 2.35. The molecule has 0 spiro atoms. The van der Waals surface area contributed by atoms with Crippen LogP contribution >= 0.6 is 11.6 Å². The van der Waals surface area contributed by atoms with Gasteiger partial charge in [0.2, 0.25) is 0 Å². The van der Waals surface area contributed by atoms with Crippen LogP contribution in [0.15, 0.2) is 12.1 Å². The minimum atomic E-state index is -4.75. The number of ether oxygens (including phenoxy) is 1. The zero-order valence-corrected chi connectivity index (χ0v) is 9.22. The summed E-state index contributed by atoms with van der Waals surface area (Å²) in [7, 11) is 1.15. The first-order valence-corrected chi connectivity index (χ1v) is 4.63. The van der Waals surface area contributed by atoms with E-state index in [1.54, 1.807) is 0 Å². The van der Waals surface area contributed by atoms with Crippen LogP contribution in [0.3, 0.4) is 0 Å². The third-order valence-corrected chi connectivity index (χ3v) is 2.22. The standard InChI is InChI=1S/C10H6ClF3O3/c1-17-8-2-5(4-15)7(10(12,13)14)3-6(8)9(11)16/h2-4H,1H3. The summed E-state index contributed by atoms with van der Waals surface area (Å²) in [6, 6.07) is 1.32. The summed E-state index contributed by atoms with van der Waals surface area (Å²) in [6.07, 6.45) is -4.71. The molecule has 1 aromatic carbocycles. The van der Waals surface area contributed by atoms with Crippen molar-refractivity contribution < 1.29 is 27.5 Å². The molecule has 0 fully saturated rings. The van der Waals surface area contributed by atoms with E-state index in [9.17, 15) is 22.8 Å². The Kier molecular flexibility index (Phi) is 3.77. The number of aldehydes is 1. The zero-order valence-electron chi connectivity index (χ0n) is 8.47. The largest absolute Gasteiger partial charge is 0.496 e. The third-order valence-electron chi connectivity index (χ3n) is 2.02. The summed E-state index contributed by atoms with van der Waals surface area (Å²) in [4.78, 5) is 21.5. The van der Waals surface area contributed by atoms with Crippen LogP contribution in [-0.2, 0) is 6.18 Å². The molecule has 17 heavy (non-hydrogen) atoms. The fourth-order valence-corrected chi connectivity index (χ4v) is 1.41. The first kappa shape index (κ1) is 13.5. The van der Waals surface area contributed by atoms with Gasteiger partial charge in [0.1, 0.15) is 5.75 Å². The predicted octanol–water partition coefficient (Wildman–Crippen LogP) is 2.91. The van der Waals surface area contributed by atoms with Crippen LogP contribution in [0, 0.1) is 0 Å². The third kappa shape index (κ3) is 2.76. The molecule has 92 valence electrons. The van der Waals surface area contributed by atoms with Gasteiger partial charge in [0.25, 0.3) is 5.24 Å². The molecule has 0 unspecified atom stereocenters. The van der Waals surface area contributed by atoms with Gasteiger partial charge in [-0.15, -0.1) is 0 Å². The van der Waals surface area contributed by atoms with Gasteiger partial charge in [0.05, 0.1) is 18.2 Å². The fraction of sp³-hybridized carbons (Fsp3) is 0.200. The highest BCUT2D eigenvalue weighted by Gasteiger charge is 2.35. The number of halogens is 4. The normalized spacial score (nSPS) is 11.1. The lowest BCUT2D eigenvalue weighted by Crippen LogP contribution is -2.11. The molecule has 0 aliphatic heterocycles. The maximum Gasteiger partial charge on any atom is 0.417 e. The summed E-state index contributed by atoms with van der Waals surface area (Å²) in [6.45, 7) is 0. The van der Waals surface area contributed by atoms with Crippen molar-refractivity contribution in [2.75, 3.05) is 7.11 Å². The molecule has 3 nitrogen and oxygen atoms in total. The quantitative estimate of drug-likeness (QED) is 0.624. The molecular formula is C10H6ClF3O3. The minimum Gasteiger partial charge on any atom is -0.496 e. The lowest BCUT2D eigenvalue weighted by atomic mass is 10.0. The van der Waals surface area contributed by atoms with E-state index in [4.69, 9.17) is 11.6 Å². The van der Waals surface area contributed by atoms with E-state index in [1.165, 1.54) is 0 Å². The Morgan fingerprint density at radius 1 is 1.41 bits per heavy atom. The molecule has 0 saturated carbocycles. The van der Waals surface area contributed by atoms with E-state index >= 15 is 0 Å². The van der Waals surface area contributed by atoms with E-state index in [-0.39, 0.29) is 12.0 Å². The zero-order chi connectivity index (χ0) is 13.2. The predicted molar refractivity (Wildman–Crippen MR) is 53.6 cm³/mol. The molecule has 0 saturated heterocycles. The van der Waals surface area contributed by atoms with E-state index in [0.29, 0.717) is 6.07 Å². The first-order valence-electron chi connectivity index (χ1n) is 4.25. The van der Waals surface area contributed by atoms with Gasteiger partial charge in [-0.25, -0.2) is 0 Å². The molecule has 0 N–H and O–H groups in total. The van der Waals surface area contributed by atoms with Crippen LogP contribution in [0.5, 0.6) is 5.75 Å². The van der Waals surface area contributed by atoms with Crippen molar-refractivity contribution in [2.24, 2.45) is 0 Å². The van der Waals surface area contributed by atoms with Gasteiger partial charge in [-0.1, -0.05) is 0 Å². The molecular weight excluding hydrogens is 261 g/mol. The van der Waals surface area contributed by atoms with Crippen LogP contribution < -0.4 is 4.74 Å². The van der Waals surface area contributed by atoms with Crippen molar-refractivity contribution in [2.45, 2.75) is 6.18 Å². The van der Waals surface area contributed by atoms with Gasteiger partial charge < -0.3 is 4.74 Å². The number of alkyl halides is 3. The molecule has 0 aromatic heterocycles. The van der Waals surface area contributed by atoms with E-state index in [2.05, 4.69) is 4.74 Å². The van der Waals surface area contributed by atoms with Gasteiger partial charge in [0, 0.05) is 5.56 Å². The Labute approximate surface area is 99.1 Å². The highest BCUT2D eigenvalue weighted by molar-refractivity contribution is 6.68. The van der Waals surface area contributed by atoms with Crippen molar-refractivity contribution >= 4 is 23.1 Å². The van der Waals surface area contributed by atoms with E-state index in [1.807, 2.05) is 0 Å². The van der Waals surface area contributed by atoms with Gasteiger partial charge in [0.15, 0.2) is 6.29 Å². The molecule has 1 rings (SSSR count). The summed E-state index contributed by atoms with van der Waals surface area (Å²) in [5, 5.41) is -1.09. The molecule has 0 heterocycles. The van der Waals surface area contributed by atoms with Crippen molar-refractivity contribution in [1.29, 1.82) is 0 Å². The monoisotopic (exact) mass is 266 g/mol. The van der Waals surface area contributed by atoms with Crippen LogP contribution in [0.25, 0.3) is 0 Å². The van der Waals surface area contributed by atoms with E-state index in [0.717, 1.165) is 13.2 Å². The summed E-state index contributed by atoms with van der Waals surface area (Å²) in [5.74, 6) is -0.180. The average molecular weight is 267 g/mol. The number of hydrogen-bond donors (Lipinski definition) is 0. The smallest absolute Gasteiger partial charge is 0.417 e. The fourth-order valence-electron chi connectivity index (χ4n) is 1.26. The second kappa shape index (κ2) is 4.75. The number of carbonyl (C=O) groups is 2. The van der Waals surface area contributed by atoms with Gasteiger partial charge in [-0.2, -0.15) is 13.2 Å². The summed E-state index contributed by atoms with van der Waals surface area (Å²) < 4.78 is 42.4. The molecule has 0 bridgehead atoms. The topological polar surface area (TPSA) is 43.4 Å². The Morgan fingerprint density at radius 2 is 2.00 bits per heavy atom. The Balaban J connectivity index is 3.56. The maximum absolute atomic E-state index is 12.6. The molecule has 0 atom stereocenters. The van der Waals surface area contributed by atoms with Crippen molar-refractivity contribution in [3.63, 3.8) is 0 Å². The average Bonchev–Trinajstić information content (AvgIpc) is 2.25. The molecule has 1 aromatic rings. The minimum absolute atomic E-state index is 0.0355. The molecule has 0 aliphatic rings. The van der Waals surface area contributed by atoms with Crippen LogP contribution in [0.4, 0.5) is 13.2 Å². The Morgan fingerprint density at radius 3 is 2.35 bits per heavy atom. The van der Waals surface area contributed by atoms with Crippen LogP contribution in [0.2, 0.25) is 0 Å². The molecule has 0 aliphatic carbocycles. The lowest BCUT2D eigenvalue weighted by Gasteiger charge is -2.13. The van der Waals surface area contributed by atoms with Crippen molar-refractivity contribution in [1.82, 2.24) is 0 Å². The van der Waals surface area contributed by atoms with Crippen molar-refractivity contribution in [3.8, 4) is 5.75 Å². The van der Waals surface area contributed by atoms with Gasteiger partial charge in [-0.3, -0.25) is 9.59 Å². The number of methoxy groups -OCH3 is 1. The number of rotatable bonds is 3. The molecule has 0 amide bonds. The van der Waals surface area contributed by atoms with Crippen LogP contribution in [0.1, 0.15) is 26.3 Å². The second-order valence-corrected chi connectivity index (χ2v) is 3.37. The number of carbonyl (C=O) groups excluding carboxylic acids is 2. The van der Waals surface area contributed by atoms with Crippen LogP contribution in [-0.4, -0.2) is 18.6 Å². The number of hydrogen-bond acceptors (Lipinski definition) is 3. The summed E-state index contributed by atoms with van der Waals surface area (Å²) in [5.41, 5.74) is -2.28. The number of benzene rings is 1. The second-order valence-electron chi connectivity index (χ2n) is 3.03. The molecule has 7 heteroatoms. The Bertz CT molecular complexity index is 469. The van der Waals surface area contributed by atoms with E-state index < -0.39 is 28.1 Å². The summed E-state index contributed by atoms with van der Waals surface area (Å²) >= 11 is 5.13. The lowest BCUT2D eigenvalue weighted by molar-refractivity contribution is -0.137. The molecule has 0 radical (unpaired) electrons. The first-order chi connectivity index (χ1) is 7.81. The maximum atomic E-state index is 12.6.